The second-order valence-corrected chi connectivity index (χ2v) is 4.29. The summed E-state index contributed by atoms with van der Waals surface area (Å²) in [6.07, 6.45) is 0.114. The third-order valence-electron chi connectivity index (χ3n) is 1.77. The van der Waals surface area contributed by atoms with Gasteiger partial charge >= 0.3 is 14.0 Å². The Kier molecular flexibility index (Phi) is 6.22. The first-order chi connectivity index (χ1) is 8.22. The smallest absolute Gasteiger partial charge is 0.465 e. The molecule has 0 aromatic heterocycles. The first kappa shape index (κ1) is 13.6. The standard InChI is InChI=1S/C11H15NO4P/c1-2-15-11(13)8-12-9-17(14)16-10-6-4-3-5-7-10/h3-7,12H,2,8-9H2,1H3/q+1. The van der Waals surface area contributed by atoms with Gasteiger partial charge in [0.05, 0.1) is 13.2 Å². The fourth-order valence-electron chi connectivity index (χ4n) is 1.09. The Morgan fingerprint density at radius 3 is 2.71 bits per heavy atom. The molecular weight excluding hydrogens is 241 g/mol. The molecule has 6 heteroatoms. The monoisotopic (exact) mass is 256 g/mol. The van der Waals surface area contributed by atoms with Gasteiger partial charge in [0, 0.05) is 0 Å². The topological polar surface area (TPSA) is 64.6 Å². The molecule has 1 aromatic rings. The number of carbonyl (C=O) groups excluding carboxylic acids is 1. The van der Waals surface area contributed by atoms with Crippen molar-refractivity contribution in [3.8, 4) is 5.75 Å². The Labute approximate surface area is 101 Å². The molecule has 0 saturated heterocycles. The van der Waals surface area contributed by atoms with Crippen molar-refractivity contribution in [3.05, 3.63) is 30.3 Å². The number of esters is 1. The minimum Gasteiger partial charge on any atom is -0.465 e. The van der Waals surface area contributed by atoms with Gasteiger partial charge in [0.25, 0.3) is 0 Å². The van der Waals surface area contributed by atoms with E-state index in [0.717, 1.165) is 0 Å². The van der Waals surface area contributed by atoms with Crippen LogP contribution < -0.4 is 9.84 Å². The molecular formula is C11H15NO4P+. The maximum Gasteiger partial charge on any atom is 0.572 e. The number of ether oxygens (including phenoxy) is 1. The van der Waals surface area contributed by atoms with Crippen molar-refractivity contribution >= 4 is 14.0 Å². The number of benzene rings is 1. The van der Waals surface area contributed by atoms with Gasteiger partial charge in [0.15, 0.2) is 5.75 Å². The molecule has 0 aliphatic rings. The molecule has 92 valence electrons. The highest BCUT2D eigenvalue weighted by atomic mass is 31.1. The molecule has 1 unspecified atom stereocenters. The summed E-state index contributed by atoms with van der Waals surface area (Å²) in [5.74, 6) is 0.183. The molecule has 0 fully saturated rings. The van der Waals surface area contributed by atoms with Gasteiger partial charge in [-0.3, -0.25) is 14.6 Å². The molecule has 0 saturated carbocycles. The lowest BCUT2D eigenvalue weighted by atomic mass is 10.3. The van der Waals surface area contributed by atoms with Crippen LogP contribution in [-0.2, 0) is 14.1 Å². The predicted octanol–water partition coefficient (Wildman–Crippen LogP) is 1.92. The Morgan fingerprint density at radius 2 is 2.06 bits per heavy atom. The second-order valence-electron chi connectivity index (χ2n) is 3.13. The molecule has 5 nitrogen and oxygen atoms in total. The van der Waals surface area contributed by atoms with Crippen LogP contribution in [0.4, 0.5) is 0 Å². The number of para-hydroxylation sites is 1. The number of rotatable bonds is 7. The van der Waals surface area contributed by atoms with E-state index < -0.39 is 8.03 Å². The number of hydrogen-bond donors (Lipinski definition) is 1. The fraction of sp³-hybridized carbons (Fsp3) is 0.364. The van der Waals surface area contributed by atoms with Gasteiger partial charge in [-0.25, -0.2) is 0 Å². The number of nitrogens with one attached hydrogen (secondary N) is 1. The highest BCUT2D eigenvalue weighted by Gasteiger charge is 2.18. The molecule has 1 rings (SSSR count). The van der Waals surface area contributed by atoms with E-state index in [-0.39, 0.29) is 18.8 Å². The molecule has 0 aliphatic heterocycles. The van der Waals surface area contributed by atoms with Crippen LogP contribution in [0.5, 0.6) is 5.75 Å². The van der Waals surface area contributed by atoms with E-state index in [4.69, 9.17) is 9.26 Å². The summed E-state index contributed by atoms with van der Waals surface area (Å²) < 4.78 is 21.3. The van der Waals surface area contributed by atoms with Gasteiger partial charge in [-0.05, 0) is 23.6 Å². The first-order valence-corrected chi connectivity index (χ1v) is 6.62. The summed E-state index contributed by atoms with van der Waals surface area (Å²) in [4.78, 5) is 11.0. The molecule has 0 heterocycles. The molecule has 17 heavy (non-hydrogen) atoms. The zero-order valence-electron chi connectivity index (χ0n) is 9.59. The van der Waals surface area contributed by atoms with Crippen LogP contribution in [0.1, 0.15) is 6.92 Å². The lowest BCUT2D eigenvalue weighted by molar-refractivity contribution is -0.141. The average Bonchev–Trinajstić information content (AvgIpc) is 2.30. The predicted molar refractivity (Wildman–Crippen MR) is 64.2 cm³/mol. The Morgan fingerprint density at radius 1 is 1.35 bits per heavy atom. The van der Waals surface area contributed by atoms with Crippen molar-refractivity contribution < 1.29 is 18.6 Å². The van der Waals surface area contributed by atoms with E-state index in [1.165, 1.54) is 0 Å². The van der Waals surface area contributed by atoms with Crippen LogP contribution >= 0.6 is 8.03 Å². The molecule has 0 radical (unpaired) electrons. The van der Waals surface area contributed by atoms with E-state index in [1.807, 2.05) is 6.07 Å². The van der Waals surface area contributed by atoms with Crippen molar-refractivity contribution in [1.29, 1.82) is 0 Å². The van der Waals surface area contributed by atoms with Crippen LogP contribution in [-0.4, -0.2) is 25.4 Å². The Bertz CT molecular complexity index is 369. The van der Waals surface area contributed by atoms with Gasteiger partial charge in [0.2, 0.25) is 6.29 Å². The largest absolute Gasteiger partial charge is 0.572 e. The Balaban J connectivity index is 2.20. The van der Waals surface area contributed by atoms with Gasteiger partial charge in [-0.15, -0.1) is 0 Å². The fourth-order valence-corrected chi connectivity index (χ4v) is 1.81. The van der Waals surface area contributed by atoms with Crippen LogP contribution in [0, 0.1) is 0 Å². The van der Waals surface area contributed by atoms with Gasteiger partial charge in [-0.2, -0.15) is 0 Å². The molecule has 1 N–H and O–H groups in total. The SMILES string of the molecule is CCOC(=O)CNC[P+](=O)Oc1ccccc1. The number of carbonyl (C=O) groups is 1. The lowest BCUT2D eigenvalue weighted by Crippen LogP contribution is -2.24. The minimum atomic E-state index is -1.87. The van der Waals surface area contributed by atoms with E-state index in [2.05, 4.69) is 5.32 Å². The van der Waals surface area contributed by atoms with Crippen molar-refractivity contribution in [2.75, 3.05) is 19.4 Å². The van der Waals surface area contributed by atoms with E-state index in [1.54, 1.807) is 31.2 Å². The highest BCUT2D eigenvalue weighted by Crippen LogP contribution is 2.24. The maximum absolute atomic E-state index is 11.5. The molecule has 1 aromatic carbocycles. The zero-order valence-corrected chi connectivity index (χ0v) is 10.5. The highest BCUT2D eigenvalue weighted by molar-refractivity contribution is 7.39. The lowest BCUT2D eigenvalue weighted by Gasteiger charge is -1.99. The van der Waals surface area contributed by atoms with Crippen LogP contribution in [0.2, 0.25) is 0 Å². The van der Waals surface area contributed by atoms with Gasteiger partial charge in [0.1, 0.15) is 0 Å². The summed E-state index contributed by atoms with van der Waals surface area (Å²) in [6, 6.07) is 8.88. The third kappa shape index (κ3) is 6.00. The zero-order chi connectivity index (χ0) is 12.5. The van der Waals surface area contributed by atoms with Crippen molar-refractivity contribution in [3.63, 3.8) is 0 Å². The number of hydrogen-bond acceptors (Lipinski definition) is 5. The minimum absolute atomic E-state index is 0.0348. The van der Waals surface area contributed by atoms with Gasteiger partial charge in [-0.1, -0.05) is 18.2 Å². The van der Waals surface area contributed by atoms with Crippen LogP contribution in [0.15, 0.2) is 30.3 Å². The second kappa shape index (κ2) is 7.76. The normalized spacial score (nSPS) is 10.8. The van der Waals surface area contributed by atoms with Gasteiger partial charge < -0.3 is 4.74 Å². The van der Waals surface area contributed by atoms with E-state index >= 15 is 0 Å². The Hall–Kier alpha value is -1.45. The summed E-state index contributed by atoms with van der Waals surface area (Å²) in [6.45, 7) is 2.11. The summed E-state index contributed by atoms with van der Waals surface area (Å²) >= 11 is 0. The summed E-state index contributed by atoms with van der Waals surface area (Å²) in [7, 11) is -1.87. The maximum atomic E-state index is 11.5. The van der Waals surface area contributed by atoms with E-state index in [0.29, 0.717) is 12.4 Å². The van der Waals surface area contributed by atoms with Crippen molar-refractivity contribution in [1.82, 2.24) is 5.32 Å². The summed E-state index contributed by atoms with van der Waals surface area (Å²) in [5, 5.41) is 2.71. The molecule has 1 atom stereocenters. The van der Waals surface area contributed by atoms with Crippen LogP contribution in [0.25, 0.3) is 0 Å². The third-order valence-corrected chi connectivity index (χ3v) is 2.66. The van der Waals surface area contributed by atoms with E-state index in [9.17, 15) is 9.36 Å². The summed E-state index contributed by atoms with van der Waals surface area (Å²) in [5.41, 5.74) is 0. The molecule has 0 amide bonds. The molecule has 0 aliphatic carbocycles. The molecule has 0 bridgehead atoms. The molecule has 0 spiro atoms. The average molecular weight is 256 g/mol. The first-order valence-electron chi connectivity index (χ1n) is 5.26. The van der Waals surface area contributed by atoms with Crippen LogP contribution in [0.3, 0.4) is 0 Å². The van der Waals surface area contributed by atoms with Crippen molar-refractivity contribution in [2.45, 2.75) is 6.92 Å². The van der Waals surface area contributed by atoms with Crippen molar-refractivity contribution in [2.24, 2.45) is 0 Å². The quantitative estimate of drug-likeness (QED) is 0.596.